The van der Waals surface area contributed by atoms with E-state index in [1.807, 2.05) is 12.3 Å². The first-order chi connectivity index (χ1) is 8.78. The minimum absolute atomic E-state index is 0.318. The van der Waals surface area contributed by atoms with Crippen molar-refractivity contribution in [3.05, 3.63) is 23.9 Å². The van der Waals surface area contributed by atoms with E-state index in [2.05, 4.69) is 52.6 Å². The van der Waals surface area contributed by atoms with Crippen molar-refractivity contribution >= 4 is 12.7 Å². The SMILES string of the molecule is CCC(C)c1cccnc1B1OC(C)(C)C(C)(C)O1. The van der Waals surface area contributed by atoms with E-state index >= 15 is 0 Å². The van der Waals surface area contributed by atoms with E-state index in [1.54, 1.807) is 0 Å². The molecule has 1 fully saturated rings. The Morgan fingerprint density at radius 3 is 2.32 bits per heavy atom. The zero-order valence-electron chi connectivity index (χ0n) is 12.9. The molecule has 1 atom stereocenters. The van der Waals surface area contributed by atoms with E-state index in [0.29, 0.717) is 5.92 Å². The molecule has 0 aliphatic carbocycles. The highest BCUT2D eigenvalue weighted by Gasteiger charge is 2.52. The molecule has 2 rings (SSSR count). The lowest BCUT2D eigenvalue weighted by Gasteiger charge is -2.32. The first-order valence-electron chi connectivity index (χ1n) is 7.09. The van der Waals surface area contributed by atoms with Gasteiger partial charge in [-0.25, -0.2) is 0 Å². The van der Waals surface area contributed by atoms with Gasteiger partial charge in [-0.1, -0.05) is 19.9 Å². The Morgan fingerprint density at radius 2 is 1.79 bits per heavy atom. The van der Waals surface area contributed by atoms with Gasteiger partial charge in [-0.2, -0.15) is 0 Å². The summed E-state index contributed by atoms with van der Waals surface area (Å²) in [6.07, 6.45) is 2.89. The second-order valence-corrected chi connectivity index (χ2v) is 6.38. The van der Waals surface area contributed by atoms with Crippen LogP contribution in [-0.4, -0.2) is 23.3 Å². The van der Waals surface area contributed by atoms with Crippen molar-refractivity contribution in [2.45, 2.75) is 65.1 Å². The fraction of sp³-hybridized carbons (Fsp3) is 0.667. The Balaban J connectivity index is 2.35. The third kappa shape index (κ3) is 2.56. The molecule has 3 nitrogen and oxygen atoms in total. The second-order valence-electron chi connectivity index (χ2n) is 6.38. The molecule has 1 aliphatic rings. The summed E-state index contributed by atoms with van der Waals surface area (Å²) in [5.41, 5.74) is 1.52. The molecule has 4 heteroatoms. The largest absolute Gasteiger partial charge is 0.514 e. The van der Waals surface area contributed by atoms with E-state index in [0.717, 1.165) is 12.0 Å². The van der Waals surface area contributed by atoms with Crippen LogP contribution in [-0.2, 0) is 9.31 Å². The van der Waals surface area contributed by atoms with Gasteiger partial charge in [0.1, 0.15) is 0 Å². The molecule has 2 heterocycles. The molecule has 0 radical (unpaired) electrons. The van der Waals surface area contributed by atoms with Crippen molar-refractivity contribution in [3.63, 3.8) is 0 Å². The Morgan fingerprint density at radius 1 is 1.21 bits per heavy atom. The fourth-order valence-electron chi connectivity index (χ4n) is 2.22. The van der Waals surface area contributed by atoms with Gasteiger partial charge in [0.2, 0.25) is 0 Å². The Hall–Kier alpha value is -0.865. The van der Waals surface area contributed by atoms with Crippen molar-refractivity contribution < 1.29 is 9.31 Å². The van der Waals surface area contributed by atoms with Crippen LogP contribution in [0, 0.1) is 0 Å². The van der Waals surface area contributed by atoms with Crippen LogP contribution in [0.4, 0.5) is 0 Å². The van der Waals surface area contributed by atoms with Crippen molar-refractivity contribution in [1.82, 2.24) is 4.98 Å². The number of nitrogens with zero attached hydrogens (tertiary/aromatic N) is 1. The molecule has 0 spiro atoms. The molecule has 1 aromatic heterocycles. The predicted molar refractivity (Wildman–Crippen MR) is 78.7 cm³/mol. The van der Waals surface area contributed by atoms with E-state index < -0.39 is 0 Å². The van der Waals surface area contributed by atoms with Gasteiger partial charge < -0.3 is 9.31 Å². The number of rotatable bonds is 3. The van der Waals surface area contributed by atoms with E-state index in [4.69, 9.17) is 9.31 Å². The maximum atomic E-state index is 6.10. The first-order valence-corrected chi connectivity index (χ1v) is 7.09. The van der Waals surface area contributed by atoms with Crippen molar-refractivity contribution in [2.24, 2.45) is 0 Å². The summed E-state index contributed by atoms with van der Waals surface area (Å²) in [7, 11) is -0.366. The number of hydrogen-bond acceptors (Lipinski definition) is 3. The van der Waals surface area contributed by atoms with Crippen LogP contribution in [0.3, 0.4) is 0 Å². The van der Waals surface area contributed by atoms with Crippen molar-refractivity contribution in [2.75, 3.05) is 0 Å². The molecule has 0 amide bonds. The first kappa shape index (κ1) is 14.5. The smallest absolute Gasteiger partial charge is 0.398 e. The number of hydrogen-bond donors (Lipinski definition) is 0. The van der Waals surface area contributed by atoms with Gasteiger partial charge in [-0.15, -0.1) is 0 Å². The second kappa shape index (κ2) is 4.91. The third-order valence-corrected chi connectivity index (χ3v) is 4.49. The summed E-state index contributed by atoms with van der Waals surface area (Å²) < 4.78 is 12.2. The minimum Gasteiger partial charge on any atom is -0.398 e. The molecule has 0 aromatic carbocycles. The molecule has 0 saturated carbocycles. The molecule has 19 heavy (non-hydrogen) atoms. The highest BCUT2D eigenvalue weighted by atomic mass is 16.7. The van der Waals surface area contributed by atoms with Crippen LogP contribution in [0.2, 0.25) is 0 Å². The average Bonchev–Trinajstić information content (AvgIpc) is 2.57. The topological polar surface area (TPSA) is 31.4 Å². The van der Waals surface area contributed by atoms with Crippen LogP contribution in [0.15, 0.2) is 18.3 Å². The Kier molecular flexibility index (Phi) is 3.76. The lowest BCUT2D eigenvalue weighted by molar-refractivity contribution is 0.00578. The van der Waals surface area contributed by atoms with E-state index in [9.17, 15) is 0 Å². The fourth-order valence-corrected chi connectivity index (χ4v) is 2.22. The zero-order valence-corrected chi connectivity index (χ0v) is 12.9. The van der Waals surface area contributed by atoms with Crippen LogP contribution in [0.25, 0.3) is 0 Å². The molecule has 1 aliphatic heterocycles. The summed E-state index contributed by atoms with van der Waals surface area (Å²) in [5.74, 6) is 0.461. The van der Waals surface area contributed by atoms with Gasteiger partial charge in [0.15, 0.2) is 0 Å². The number of aromatic nitrogens is 1. The molecular weight excluding hydrogens is 237 g/mol. The van der Waals surface area contributed by atoms with Gasteiger partial charge in [-0.05, 0) is 51.7 Å². The molecule has 1 unspecified atom stereocenters. The van der Waals surface area contributed by atoms with Gasteiger partial charge in [0.05, 0.1) is 16.8 Å². The quantitative estimate of drug-likeness (QED) is 0.784. The molecule has 0 N–H and O–H groups in total. The van der Waals surface area contributed by atoms with E-state index in [1.165, 1.54) is 5.56 Å². The van der Waals surface area contributed by atoms with Gasteiger partial charge in [0, 0.05) is 6.20 Å². The average molecular weight is 261 g/mol. The highest BCUT2D eigenvalue weighted by Crippen LogP contribution is 2.36. The Labute approximate surface area is 116 Å². The maximum absolute atomic E-state index is 6.10. The lowest BCUT2D eigenvalue weighted by Crippen LogP contribution is -2.41. The molecule has 1 saturated heterocycles. The molecular formula is C15H24BNO2. The predicted octanol–water partition coefficient (Wildman–Crippen LogP) is 2.89. The monoisotopic (exact) mass is 261 g/mol. The Bertz CT molecular complexity index is 443. The number of pyridine rings is 1. The molecule has 104 valence electrons. The van der Waals surface area contributed by atoms with Crippen LogP contribution >= 0.6 is 0 Å². The van der Waals surface area contributed by atoms with Gasteiger partial charge >= 0.3 is 7.12 Å². The van der Waals surface area contributed by atoms with E-state index in [-0.39, 0.29) is 18.3 Å². The van der Waals surface area contributed by atoms with Crippen LogP contribution < -0.4 is 5.59 Å². The summed E-state index contributed by atoms with van der Waals surface area (Å²) in [6, 6.07) is 4.11. The third-order valence-electron chi connectivity index (χ3n) is 4.49. The lowest BCUT2D eigenvalue weighted by atomic mass is 9.77. The molecule has 0 bridgehead atoms. The summed E-state index contributed by atoms with van der Waals surface area (Å²) in [4.78, 5) is 4.51. The van der Waals surface area contributed by atoms with Gasteiger partial charge in [-0.3, -0.25) is 4.98 Å². The standard InChI is InChI=1S/C15H24BNO2/c1-7-11(2)12-9-8-10-17-13(12)16-18-14(3,4)15(5,6)19-16/h8-11H,7H2,1-6H3. The maximum Gasteiger partial charge on any atom is 0.514 e. The van der Waals surface area contributed by atoms with Gasteiger partial charge in [0.25, 0.3) is 0 Å². The summed E-state index contributed by atoms with van der Waals surface area (Å²) in [5, 5.41) is 0. The normalized spacial score (nSPS) is 22.5. The van der Waals surface area contributed by atoms with Crippen molar-refractivity contribution in [1.29, 1.82) is 0 Å². The van der Waals surface area contributed by atoms with Crippen LogP contribution in [0.1, 0.15) is 59.4 Å². The summed E-state index contributed by atoms with van der Waals surface area (Å²) >= 11 is 0. The van der Waals surface area contributed by atoms with Crippen LogP contribution in [0.5, 0.6) is 0 Å². The zero-order chi connectivity index (χ0) is 14.3. The summed E-state index contributed by atoms with van der Waals surface area (Å²) in [6.45, 7) is 12.7. The molecule has 1 aromatic rings. The highest BCUT2D eigenvalue weighted by molar-refractivity contribution is 6.61. The van der Waals surface area contributed by atoms with Crippen molar-refractivity contribution in [3.8, 4) is 0 Å². The minimum atomic E-state index is -0.366.